The van der Waals surface area contributed by atoms with Crippen LogP contribution in [-0.2, 0) is 16.1 Å². The second-order valence-electron chi connectivity index (χ2n) is 6.08. The van der Waals surface area contributed by atoms with Gasteiger partial charge in [0.2, 0.25) is 0 Å². The lowest BCUT2D eigenvalue weighted by atomic mass is 10.2. The number of ether oxygens (including phenoxy) is 1. The van der Waals surface area contributed by atoms with Gasteiger partial charge in [-0.25, -0.2) is 0 Å². The number of morpholine rings is 1. The molecule has 1 aliphatic rings. The highest BCUT2D eigenvalue weighted by atomic mass is 79.9. The molecule has 0 aliphatic carbocycles. The van der Waals surface area contributed by atoms with Gasteiger partial charge in [-0.3, -0.25) is 4.79 Å². The second-order valence-corrected chi connectivity index (χ2v) is 6.99. The van der Waals surface area contributed by atoms with Crippen molar-refractivity contribution < 1.29 is 18.8 Å². The Kier molecular flexibility index (Phi) is 5.71. The summed E-state index contributed by atoms with van der Waals surface area (Å²) in [6, 6.07) is 12.0. The third kappa shape index (κ3) is 4.47. The van der Waals surface area contributed by atoms with E-state index in [4.69, 9.17) is 9.15 Å². The van der Waals surface area contributed by atoms with E-state index in [2.05, 4.69) is 15.9 Å². The summed E-state index contributed by atoms with van der Waals surface area (Å²) in [5.41, 5.74) is 1.05. The Labute approximate surface area is 150 Å². The molecule has 0 bridgehead atoms. The highest BCUT2D eigenvalue weighted by molar-refractivity contribution is 9.10. The van der Waals surface area contributed by atoms with Gasteiger partial charge in [-0.15, -0.1) is 0 Å². The number of hydrogen-bond acceptors (Lipinski definition) is 3. The number of halogens is 1. The molecule has 128 valence electrons. The normalized spacial score (nSPS) is 16.2. The van der Waals surface area contributed by atoms with Crippen molar-refractivity contribution >= 4 is 21.8 Å². The minimum Gasteiger partial charge on any atom is -0.455 e. The van der Waals surface area contributed by atoms with Crippen molar-refractivity contribution in [2.75, 3.05) is 39.9 Å². The molecule has 24 heavy (non-hydrogen) atoms. The summed E-state index contributed by atoms with van der Waals surface area (Å²) in [5, 5.41) is 0. The summed E-state index contributed by atoms with van der Waals surface area (Å²) < 4.78 is 12.3. The molecule has 1 aromatic carbocycles. The number of likely N-dealkylation sites (N-methyl/N-ethyl adjacent to an activating group) is 1. The van der Waals surface area contributed by atoms with Crippen LogP contribution in [0, 0.1) is 0 Å². The van der Waals surface area contributed by atoms with Gasteiger partial charge in [0.05, 0.1) is 20.3 Å². The van der Waals surface area contributed by atoms with Crippen LogP contribution in [0.1, 0.15) is 5.76 Å². The Hall–Kier alpha value is -1.63. The molecule has 6 heteroatoms. The summed E-state index contributed by atoms with van der Waals surface area (Å²) >= 11 is 3.43. The highest BCUT2D eigenvalue weighted by Gasteiger charge is 2.21. The van der Waals surface area contributed by atoms with E-state index in [0.29, 0.717) is 39.4 Å². The average Bonchev–Trinajstić information content (AvgIpc) is 3.04. The summed E-state index contributed by atoms with van der Waals surface area (Å²) in [7, 11) is 2.01. The van der Waals surface area contributed by atoms with Gasteiger partial charge in [-0.05, 0) is 24.3 Å². The zero-order valence-electron chi connectivity index (χ0n) is 13.8. The van der Waals surface area contributed by atoms with Crippen LogP contribution >= 0.6 is 15.9 Å². The van der Waals surface area contributed by atoms with Crippen LogP contribution in [0.25, 0.3) is 11.3 Å². The standard InChI is InChI=1S/C18H21BrN2O3/c1-20(13-18(22)21-8-10-23-11-9-21)12-16-6-7-17(24-16)14-2-4-15(19)5-3-14/h2-7H,8-13H2,1H3/p+1. The predicted molar refractivity (Wildman–Crippen MR) is 94.7 cm³/mol. The van der Waals surface area contributed by atoms with Crippen molar-refractivity contribution in [1.29, 1.82) is 0 Å². The summed E-state index contributed by atoms with van der Waals surface area (Å²) in [6.07, 6.45) is 0. The summed E-state index contributed by atoms with van der Waals surface area (Å²) in [6.45, 7) is 3.82. The molecule has 0 spiro atoms. The molecular weight excluding hydrogens is 372 g/mol. The van der Waals surface area contributed by atoms with Gasteiger partial charge >= 0.3 is 0 Å². The molecule has 0 saturated carbocycles. The summed E-state index contributed by atoms with van der Waals surface area (Å²) in [5.74, 6) is 1.92. The molecule has 1 atom stereocenters. The van der Waals surface area contributed by atoms with E-state index in [-0.39, 0.29) is 5.91 Å². The van der Waals surface area contributed by atoms with Crippen LogP contribution in [0.4, 0.5) is 0 Å². The van der Waals surface area contributed by atoms with Crippen LogP contribution in [0.2, 0.25) is 0 Å². The second kappa shape index (κ2) is 7.96. The van der Waals surface area contributed by atoms with E-state index in [1.165, 1.54) is 0 Å². The van der Waals surface area contributed by atoms with Crippen molar-refractivity contribution in [1.82, 2.24) is 4.90 Å². The zero-order chi connectivity index (χ0) is 16.9. The number of furan rings is 1. The van der Waals surface area contributed by atoms with Gasteiger partial charge < -0.3 is 19.0 Å². The molecule has 1 amide bonds. The van der Waals surface area contributed by atoms with E-state index in [1.54, 1.807) is 0 Å². The van der Waals surface area contributed by atoms with Crippen LogP contribution < -0.4 is 4.90 Å². The molecule has 0 radical (unpaired) electrons. The van der Waals surface area contributed by atoms with E-state index >= 15 is 0 Å². The minimum atomic E-state index is 0.176. The largest absolute Gasteiger partial charge is 0.455 e. The van der Waals surface area contributed by atoms with Crippen molar-refractivity contribution in [3.05, 3.63) is 46.6 Å². The lowest BCUT2D eigenvalue weighted by molar-refractivity contribution is -0.886. The van der Waals surface area contributed by atoms with E-state index in [9.17, 15) is 4.79 Å². The van der Waals surface area contributed by atoms with Crippen molar-refractivity contribution in [2.24, 2.45) is 0 Å². The molecule has 1 unspecified atom stereocenters. The number of hydrogen-bond donors (Lipinski definition) is 1. The number of carbonyl (C=O) groups excluding carboxylic acids is 1. The first kappa shape index (κ1) is 17.2. The van der Waals surface area contributed by atoms with Gasteiger partial charge in [0.1, 0.15) is 12.3 Å². The fraction of sp³-hybridized carbons (Fsp3) is 0.389. The first-order chi connectivity index (χ1) is 11.6. The molecule has 2 aromatic rings. The Morgan fingerprint density at radius 1 is 1.17 bits per heavy atom. The molecule has 2 heterocycles. The Morgan fingerprint density at radius 2 is 1.88 bits per heavy atom. The fourth-order valence-corrected chi connectivity index (χ4v) is 3.05. The number of rotatable bonds is 5. The van der Waals surface area contributed by atoms with Crippen LogP contribution in [0.3, 0.4) is 0 Å². The van der Waals surface area contributed by atoms with Gasteiger partial charge in [-0.2, -0.15) is 0 Å². The van der Waals surface area contributed by atoms with Crippen molar-refractivity contribution in [3.63, 3.8) is 0 Å². The minimum absolute atomic E-state index is 0.176. The molecule has 1 fully saturated rings. The van der Waals surface area contributed by atoms with Crippen LogP contribution in [0.5, 0.6) is 0 Å². The van der Waals surface area contributed by atoms with Gasteiger partial charge in [0.15, 0.2) is 12.3 Å². The number of nitrogens with zero attached hydrogens (tertiary/aromatic N) is 1. The van der Waals surface area contributed by atoms with Gasteiger partial charge in [-0.1, -0.05) is 28.1 Å². The number of amides is 1. The number of quaternary nitrogens is 1. The van der Waals surface area contributed by atoms with E-state index < -0.39 is 0 Å². The quantitative estimate of drug-likeness (QED) is 0.838. The molecule has 1 N–H and O–H groups in total. The first-order valence-corrected chi connectivity index (χ1v) is 8.92. The molecule has 1 aromatic heterocycles. The van der Waals surface area contributed by atoms with E-state index in [0.717, 1.165) is 26.5 Å². The lowest BCUT2D eigenvalue weighted by Gasteiger charge is -2.27. The SMILES string of the molecule is C[NH+](CC(=O)N1CCOCC1)Cc1ccc(-c2ccc(Br)cc2)o1. The third-order valence-electron chi connectivity index (χ3n) is 4.08. The summed E-state index contributed by atoms with van der Waals surface area (Å²) in [4.78, 5) is 15.3. The molecule has 5 nitrogen and oxygen atoms in total. The zero-order valence-corrected chi connectivity index (χ0v) is 15.3. The maximum atomic E-state index is 12.3. The van der Waals surface area contributed by atoms with Crippen LogP contribution in [-0.4, -0.2) is 50.7 Å². The maximum Gasteiger partial charge on any atom is 0.277 e. The maximum absolute atomic E-state index is 12.3. The Morgan fingerprint density at radius 3 is 2.58 bits per heavy atom. The Balaban J connectivity index is 1.55. The van der Waals surface area contributed by atoms with Crippen LogP contribution in [0.15, 0.2) is 45.3 Å². The topological polar surface area (TPSA) is 47.1 Å². The monoisotopic (exact) mass is 393 g/mol. The third-order valence-corrected chi connectivity index (χ3v) is 4.61. The predicted octanol–water partition coefficient (Wildman–Crippen LogP) is 1.58. The lowest BCUT2D eigenvalue weighted by Crippen LogP contribution is -3.08. The molecule has 1 aliphatic heterocycles. The number of carbonyl (C=O) groups is 1. The average molecular weight is 394 g/mol. The highest BCUT2D eigenvalue weighted by Crippen LogP contribution is 2.23. The smallest absolute Gasteiger partial charge is 0.277 e. The van der Waals surface area contributed by atoms with E-state index in [1.807, 2.05) is 48.3 Å². The van der Waals surface area contributed by atoms with Crippen molar-refractivity contribution in [3.8, 4) is 11.3 Å². The first-order valence-electron chi connectivity index (χ1n) is 8.13. The fourth-order valence-electron chi connectivity index (χ4n) is 2.78. The van der Waals surface area contributed by atoms with Gasteiger partial charge in [0.25, 0.3) is 5.91 Å². The Bertz CT molecular complexity index is 678. The number of nitrogens with one attached hydrogen (secondary N) is 1. The molecule has 3 rings (SSSR count). The number of benzene rings is 1. The molecular formula is C18H22BrN2O3+. The van der Waals surface area contributed by atoms with Crippen molar-refractivity contribution in [2.45, 2.75) is 6.54 Å². The van der Waals surface area contributed by atoms with Gasteiger partial charge in [0, 0.05) is 23.1 Å². The molecule has 1 saturated heterocycles.